The smallest absolute Gasteiger partial charge is 0.330 e. The van der Waals surface area contributed by atoms with Crippen LogP contribution >= 0.6 is 0 Å². The van der Waals surface area contributed by atoms with Gasteiger partial charge >= 0.3 is 12.3 Å². The number of benzene rings is 1. The van der Waals surface area contributed by atoms with Crippen LogP contribution in [0.4, 0.5) is 23.2 Å². The van der Waals surface area contributed by atoms with Crippen molar-refractivity contribution in [3.63, 3.8) is 0 Å². The van der Waals surface area contributed by atoms with Gasteiger partial charge in [-0.1, -0.05) is 18.2 Å². The zero-order valence-corrected chi connectivity index (χ0v) is 11.2. The molecule has 1 aliphatic heterocycles. The molecule has 0 unspecified atom stereocenters. The van der Waals surface area contributed by atoms with Gasteiger partial charge in [0, 0.05) is 12.2 Å². The van der Waals surface area contributed by atoms with E-state index in [9.17, 15) is 22.4 Å². The van der Waals surface area contributed by atoms with E-state index in [1.54, 1.807) is 4.90 Å². The molecule has 0 saturated heterocycles. The highest BCUT2D eigenvalue weighted by Crippen LogP contribution is 2.28. The highest BCUT2D eigenvalue weighted by Gasteiger charge is 2.41. The van der Waals surface area contributed by atoms with Crippen molar-refractivity contribution in [1.82, 2.24) is 0 Å². The topological polar surface area (TPSA) is 29.5 Å². The second-order valence-electron chi connectivity index (χ2n) is 4.79. The van der Waals surface area contributed by atoms with Gasteiger partial charge in [0.05, 0.1) is 13.0 Å². The Morgan fingerprint density at radius 1 is 1.33 bits per heavy atom. The minimum absolute atomic E-state index is 0.117. The molecular weight excluding hydrogens is 290 g/mol. The number of rotatable bonds is 6. The highest BCUT2D eigenvalue weighted by molar-refractivity contribution is 5.95. The van der Waals surface area contributed by atoms with Gasteiger partial charge in [0.1, 0.15) is 6.61 Å². The normalized spacial score (nSPS) is 14.6. The van der Waals surface area contributed by atoms with E-state index >= 15 is 0 Å². The monoisotopic (exact) mass is 305 g/mol. The van der Waals surface area contributed by atoms with Crippen molar-refractivity contribution in [2.24, 2.45) is 0 Å². The summed E-state index contributed by atoms with van der Waals surface area (Å²) < 4.78 is 53.5. The first kappa shape index (κ1) is 15.8. The molecule has 0 saturated carbocycles. The largest absolute Gasteiger partial charge is 0.374 e. The van der Waals surface area contributed by atoms with E-state index < -0.39 is 19.0 Å². The SMILES string of the molecule is O=C(CCOCC(F)(F)C(F)F)N1CCc2ccccc21. The van der Waals surface area contributed by atoms with Gasteiger partial charge in [0.25, 0.3) is 0 Å². The van der Waals surface area contributed by atoms with Gasteiger partial charge < -0.3 is 9.64 Å². The Bertz CT molecular complexity index is 508. The molecule has 21 heavy (non-hydrogen) atoms. The summed E-state index contributed by atoms with van der Waals surface area (Å²) in [6, 6.07) is 7.42. The zero-order chi connectivity index (χ0) is 15.5. The number of ether oxygens (including phenoxy) is 1. The van der Waals surface area contributed by atoms with E-state index in [4.69, 9.17) is 0 Å². The molecule has 0 spiro atoms. The predicted molar refractivity (Wildman–Crippen MR) is 68.9 cm³/mol. The Balaban J connectivity index is 1.79. The van der Waals surface area contributed by atoms with Gasteiger partial charge in [-0.2, -0.15) is 8.78 Å². The van der Waals surface area contributed by atoms with E-state index in [1.165, 1.54) is 0 Å². The number of amides is 1. The van der Waals surface area contributed by atoms with Crippen LogP contribution in [0.3, 0.4) is 0 Å². The summed E-state index contributed by atoms with van der Waals surface area (Å²) in [6.07, 6.45) is -3.14. The van der Waals surface area contributed by atoms with Crippen LogP contribution in [0.25, 0.3) is 0 Å². The van der Waals surface area contributed by atoms with Crippen molar-refractivity contribution in [3.05, 3.63) is 29.8 Å². The van der Waals surface area contributed by atoms with Crippen molar-refractivity contribution in [2.75, 3.05) is 24.7 Å². The molecule has 2 rings (SSSR count). The third-order valence-corrected chi connectivity index (χ3v) is 3.26. The van der Waals surface area contributed by atoms with Crippen molar-refractivity contribution in [1.29, 1.82) is 0 Å². The standard InChI is InChI=1S/C14H15F4NO2/c15-13(16)14(17,18)9-21-8-6-12(20)19-7-5-10-3-1-2-4-11(10)19/h1-4,13H,5-9H2. The summed E-state index contributed by atoms with van der Waals surface area (Å²) in [6.45, 7) is -1.15. The number of hydrogen-bond donors (Lipinski definition) is 0. The predicted octanol–water partition coefficient (Wildman–Crippen LogP) is 2.88. The van der Waals surface area contributed by atoms with Crippen LogP contribution in [0, 0.1) is 0 Å². The molecular formula is C14H15F4NO2. The number of para-hydroxylation sites is 1. The Labute approximate surface area is 119 Å². The molecule has 0 radical (unpaired) electrons. The fourth-order valence-corrected chi connectivity index (χ4v) is 2.16. The zero-order valence-electron chi connectivity index (χ0n) is 11.2. The summed E-state index contributed by atoms with van der Waals surface area (Å²) in [5.41, 5.74) is 1.86. The van der Waals surface area contributed by atoms with Crippen LogP contribution in [-0.2, 0) is 16.0 Å². The number of halogens is 4. The molecule has 116 valence electrons. The maximum Gasteiger partial charge on any atom is 0.330 e. The fourth-order valence-electron chi connectivity index (χ4n) is 2.16. The van der Waals surface area contributed by atoms with E-state index in [1.807, 2.05) is 24.3 Å². The van der Waals surface area contributed by atoms with Crippen LogP contribution in [0.5, 0.6) is 0 Å². The van der Waals surface area contributed by atoms with Crippen LogP contribution in [0.15, 0.2) is 24.3 Å². The molecule has 1 aliphatic rings. The molecule has 1 aromatic rings. The molecule has 0 fully saturated rings. The van der Waals surface area contributed by atoms with E-state index in [0.29, 0.717) is 6.54 Å². The number of anilines is 1. The summed E-state index contributed by atoms with van der Waals surface area (Å²) in [5.74, 6) is -4.44. The molecule has 1 heterocycles. The minimum atomic E-state index is -4.18. The molecule has 0 bridgehead atoms. The lowest BCUT2D eigenvalue weighted by atomic mass is 10.2. The molecule has 1 aromatic carbocycles. The van der Waals surface area contributed by atoms with Crippen LogP contribution in [0.2, 0.25) is 0 Å². The third-order valence-electron chi connectivity index (χ3n) is 3.26. The van der Waals surface area contributed by atoms with Gasteiger partial charge in [-0.25, -0.2) is 8.78 Å². The lowest BCUT2D eigenvalue weighted by Gasteiger charge is -2.18. The van der Waals surface area contributed by atoms with Crippen molar-refractivity contribution in [3.8, 4) is 0 Å². The molecule has 0 aliphatic carbocycles. The Morgan fingerprint density at radius 2 is 2.05 bits per heavy atom. The summed E-state index contributed by atoms with van der Waals surface area (Å²) in [7, 11) is 0. The van der Waals surface area contributed by atoms with E-state index in [2.05, 4.69) is 4.74 Å². The van der Waals surface area contributed by atoms with Gasteiger partial charge in [0.15, 0.2) is 0 Å². The van der Waals surface area contributed by atoms with Crippen LogP contribution in [0.1, 0.15) is 12.0 Å². The lowest BCUT2D eigenvalue weighted by molar-refractivity contribution is -0.166. The first-order valence-electron chi connectivity index (χ1n) is 6.54. The van der Waals surface area contributed by atoms with Crippen molar-refractivity contribution in [2.45, 2.75) is 25.2 Å². The quantitative estimate of drug-likeness (QED) is 0.597. The van der Waals surface area contributed by atoms with Gasteiger partial charge in [-0.05, 0) is 18.1 Å². The van der Waals surface area contributed by atoms with Crippen molar-refractivity contribution < 1.29 is 27.1 Å². The Kier molecular flexibility index (Phi) is 4.82. The number of alkyl halides is 4. The van der Waals surface area contributed by atoms with Crippen LogP contribution < -0.4 is 4.90 Å². The van der Waals surface area contributed by atoms with Crippen LogP contribution in [-0.4, -0.2) is 38.0 Å². The molecule has 0 aromatic heterocycles. The summed E-state index contributed by atoms with van der Waals surface area (Å²) >= 11 is 0. The molecule has 0 atom stereocenters. The highest BCUT2D eigenvalue weighted by atomic mass is 19.3. The van der Waals surface area contributed by atoms with E-state index in [0.717, 1.165) is 17.7 Å². The molecule has 0 N–H and O–H groups in total. The average Bonchev–Trinajstić information content (AvgIpc) is 2.87. The number of hydrogen-bond acceptors (Lipinski definition) is 2. The van der Waals surface area contributed by atoms with E-state index in [-0.39, 0.29) is 18.9 Å². The summed E-state index contributed by atoms with van der Waals surface area (Å²) in [4.78, 5) is 13.5. The lowest BCUT2D eigenvalue weighted by Crippen LogP contribution is -2.34. The van der Waals surface area contributed by atoms with Gasteiger partial charge in [-0.15, -0.1) is 0 Å². The average molecular weight is 305 g/mol. The van der Waals surface area contributed by atoms with Crippen molar-refractivity contribution >= 4 is 11.6 Å². The Morgan fingerprint density at radius 3 is 2.76 bits per heavy atom. The summed E-state index contributed by atoms with van der Waals surface area (Å²) in [5, 5.41) is 0. The number of carbonyl (C=O) groups excluding carboxylic acids is 1. The number of fused-ring (bicyclic) bond motifs is 1. The maximum atomic E-state index is 12.6. The molecule has 1 amide bonds. The van der Waals surface area contributed by atoms with Gasteiger partial charge in [0.2, 0.25) is 5.91 Å². The second-order valence-corrected chi connectivity index (χ2v) is 4.79. The first-order chi connectivity index (χ1) is 9.92. The third kappa shape index (κ3) is 3.72. The minimum Gasteiger partial charge on any atom is -0.374 e. The fraction of sp³-hybridized carbons (Fsp3) is 0.500. The van der Waals surface area contributed by atoms with Gasteiger partial charge in [-0.3, -0.25) is 4.79 Å². The molecule has 3 nitrogen and oxygen atoms in total. The number of nitrogens with zero attached hydrogens (tertiary/aromatic N) is 1. The second kappa shape index (κ2) is 6.43. The first-order valence-corrected chi connectivity index (χ1v) is 6.54. The Hall–Kier alpha value is -1.63. The number of carbonyl (C=O) groups is 1. The molecule has 7 heteroatoms. The maximum absolute atomic E-state index is 12.6.